The van der Waals surface area contributed by atoms with Crippen LogP contribution in [0.5, 0.6) is 0 Å². The maximum atomic E-state index is 9.80. The van der Waals surface area contributed by atoms with E-state index in [1.165, 1.54) is 10.4 Å². The van der Waals surface area contributed by atoms with Crippen molar-refractivity contribution in [1.82, 2.24) is 19.6 Å². The first-order chi connectivity index (χ1) is 11.5. The Morgan fingerprint density at radius 1 is 1.50 bits per heavy atom. The molecule has 0 bridgehead atoms. The molecule has 128 valence electrons. The van der Waals surface area contributed by atoms with E-state index in [1.54, 1.807) is 22.2 Å². The van der Waals surface area contributed by atoms with Gasteiger partial charge < -0.3 is 15.2 Å². The molecule has 1 aliphatic rings. The lowest BCUT2D eigenvalue weighted by atomic mass is 9.94. The van der Waals surface area contributed by atoms with Crippen molar-refractivity contribution >= 4 is 33.1 Å². The Kier molecular flexibility index (Phi) is 3.70. The molecule has 7 nitrogen and oxygen atoms in total. The molecule has 24 heavy (non-hydrogen) atoms. The molecule has 4 heterocycles. The maximum absolute atomic E-state index is 9.80. The number of aromatic nitrogens is 4. The van der Waals surface area contributed by atoms with E-state index in [9.17, 15) is 5.11 Å². The third-order valence-electron chi connectivity index (χ3n) is 4.42. The number of anilines is 1. The molecule has 8 heteroatoms. The van der Waals surface area contributed by atoms with Crippen LogP contribution in [0.25, 0.3) is 15.9 Å². The van der Waals surface area contributed by atoms with Crippen LogP contribution in [0.1, 0.15) is 37.6 Å². The SMILES string of the molecule is CC[C@H](O)CNc1nc2sc3c(c2c2ncnn12)CC(C)(C)OC3. The Bertz CT molecular complexity index is 901. The molecule has 0 unspecified atom stereocenters. The second-order valence-corrected chi connectivity index (χ2v) is 7.87. The van der Waals surface area contributed by atoms with Gasteiger partial charge in [0.05, 0.1) is 23.7 Å². The maximum Gasteiger partial charge on any atom is 0.227 e. The van der Waals surface area contributed by atoms with Gasteiger partial charge in [-0.2, -0.15) is 9.61 Å². The number of hydrogen-bond donors (Lipinski definition) is 2. The Morgan fingerprint density at radius 3 is 3.12 bits per heavy atom. The number of rotatable bonds is 4. The second kappa shape index (κ2) is 5.65. The number of aliphatic hydroxyl groups excluding tert-OH is 1. The van der Waals surface area contributed by atoms with Gasteiger partial charge >= 0.3 is 0 Å². The molecular weight excluding hydrogens is 326 g/mol. The van der Waals surface area contributed by atoms with Gasteiger partial charge in [-0.05, 0) is 25.8 Å². The van der Waals surface area contributed by atoms with Crippen LogP contribution in [0.4, 0.5) is 5.95 Å². The van der Waals surface area contributed by atoms with Crippen molar-refractivity contribution < 1.29 is 9.84 Å². The smallest absolute Gasteiger partial charge is 0.227 e. The summed E-state index contributed by atoms with van der Waals surface area (Å²) in [6.45, 7) is 7.21. The number of nitrogens with zero attached hydrogens (tertiary/aromatic N) is 4. The van der Waals surface area contributed by atoms with E-state index in [1.807, 2.05) is 6.92 Å². The minimum absolute atomic E-state index is 0.180. The van der Waals surface area contributed by atoms with Gasteiger partial charge in [0.15, 0.2) is 5.65 Å². The molecule has 0 saturated carbocycles. The van der Waals surface area contributed by atoms with Crippen LogP contribution in [0.15, 0.2) is 6.33 Å². The summed E-state index contributed by atoms with van der Waals surface area (Å²) < 4.78 is 7.65. The average Bonchev–Trinajstić information content (AvgIpc) is 3.15. The van der Waals surface area contributed by atoms with Gasteiger partial charge in [0.25, 0.3) is 0 Å². The van der Waals surface area contributed by atoms with Crippen LogP contribution in [-0.4, -0.2) is 42.9 Å². The summed E-state index contributed by atoms with van der Waals surface area (Å²) in [6.07, 6.45) is 2.67. The van der Waals surface area contributed by atoms with Crippen LogP contribution in [0, 0.1) is 0 Å². The molecule has 0 fully saturated rings. The van der Waals surface area contributed by atoms with E-state index in [4.69, 9.17) is 9.72 Å². The molecule has 3 aromatic rings. The summed E-state index contributed by atoms with van der Waals surface area (Å²) >= 11 is 1.65. The summed E-state index contributed by atoms with van der Waals surface area (Å²) in [5.74, 6) is 0.612. The van der Waals surface area contributed by atoms with Crippen molar-refractivity contribution in [2.45, 2.75) is 51.9 Å². The monoisotopic (exact) mass is 347 g/mol. The van der Waals surface area contributed by atoms with E-state index >= 15 is 0 Å². The summed E-state index contributed by atoms with van der Waals surface area (Å²) in [6, 6.07) is 0. The van der Waals surface area contributed by atoms with Gasteiger partial charge in [0.2, 0.25) is 5.95 Å². The lowest BCUT2D eigenvalue weighted by Crippen LogP contribution is -2.31. The van der Waals surface area contributed by atoms with Gasteiger partial charge in [0, 0.05) is 17.8 Å². The topological polar surface area (TPSA) is 84.6 Å². The summed E-state index contributed by atoms with van der Waals surface area (Å²) in [5.41, 5.74) is 1.90. The van der Waals surface area contributed by atoms with Gasteiger partial charge in [-0.3, -0.25) is 0 Å². The zero-order valence-corrected chi connectivity index (χ0v) is 14.9. The number of aliphatic hydroxyl groups is 1. The molecule has 0 radical (unpaired) electrons. The highest BCUT2D eigenvalue weighted by Crippen LogP contribution is 2.40. The highest BCUT2D eigenvalue weighted by molar-refractivity contribution is 7.19. The number of fused-ring (bicyclic) bond motifs is 5. The third-order valence-corrected chi connectivity index (χ3v) is 5.51. The highest BCUT2D eigenvalue weighted by atomic mass is 32.1. The van der Waals surface area contributed by atoms with Gasteiger partial charge in [-0.25, -0.2) is 9.97 Å². The Hall–Kier alpha value is -1.77. The minimum Gasteiger partial charge on any atom is -0.391 e. The summed E-state index contributed by atoms with van der Waals surface area (Å²) in [7, 11) is 0. The summed E-state index contributed by atoms with van der Waals surface area (Å²) in [5, 5.41) is 18.4. The van der Waals surface area contributed by atoms with Crippen molar-refractivity contribution in [3.05, 3.63) is 16.8 Å². The lowest BCUT2D eigenvalue weighted by Gasteiger charge is -2.30. The van der Waals surface area contributed by atoms with Crippen molar-refractivity contribution in [3.8, 4) is 0 Å². The largest absolute Gasteiger partial charge is 0.391 e. The average molecular weight is 347 g/mol. The first-order valence-corrected chi connectivity index (χ1v) is 9.00. The van der Waals surface area contributed by atoms with Crippen LogP contribution in [-0.2, 0) is 17.8 Å². The van der Waals surface area contributed by atoms with Gasteiger partial charge in [-0.15, -0.1) is 11.3 Å². The quantitative estimate of drug-likeness (QED) is 0.754. The van der Waals surface area contributed by atoms with E-state index in [2.05, 4.69) is 29.2 Å². The first-order valence-electron chi connectivity index (χ1n) is 8.18. The molecule has 1 atom stereocenters. The molecule has 0 spiro atoms. The normalized spacial score (nSPS) is 18.0. The molecule has 2 N–H and O–H groups in total. The van der Waals surface area contributed by atoms with Crippen LogP contribution in [0.2, 0.25) is 0 Å². The fourth-order valence-corrected chi connectivity index (χ4v) is 4.12. The number of hydrogen-bond acceptors (Lipinski definition) is 7. The van der Waals surface area contributed by atoms with Gasteiger partial charge in [0.1, 0.15) is 11.2 Å². The Balaban J connectivity index is 1.85. The molecule has 3 aromatic heterocycles. The lowest BCUT2D eigenvalue weighted by molar-refractivity contribution is -0.0379. The van der Waals surface area contributed by atoms with Crippen LogP contribution in [0.3, 0.4) is 0 Å². The predicted octanol–water partition coefficient (Wildman–Crippen LogP) is 2.37. The van der Waals surface area contributed by atoms with Gasteiger partial charge in [-0.1, -0.05) is 6.92 Å². The molecule has 1 aliphatic heterocycles. The van der Waals surface area contributed by atoms with Crippen LogP contribution >= 0.6 is 11.3 Å². The van der Waals surface area contributed by atoms with Crippen molar-refractivity contribution in [2.24, 2.45) is 0 Å². The first kappa shape index (κ1) is 15.7. The van der Waals surface area contributed by atoms with E-state index in [-0.39, 0.29) is 5.60 Å². The van der Waals surface area contributed by atoms with Crippen molar-refractivity contribution in [2.75, 3.05) is 11.9 Å². The molecule has 0 amide bonds. The molecule has 0 aromatic carbocycles. The third kappa shape index (κ3) is 2.54. The zero-order chi connectivity index (χ0) is 16.9. The molecule has 0 saturated heterocycles. The fraction of sp³-hybridized carbons (Fsp3) is 0.562. The Labute approximate surface area is 143 Å². The second-order valence-electron chi connectivity index (χ2n) is 6.78. The number of ether oxygens (including phenoxy) is 1. The summed E-state index contributed by atoms with van der Waals surface area (Å²) in [4.78, 5) is 11.3. The number of nitrogens with one attached hydrogen (secondary N) is 1. The van der Waals surface area contributed by atoms with Crippen LogP contribution < -0.4 is 5.32 Å². The number of thiophene rings is 1. The van der Waals surface area contributed by atoms with Crippen molar-refractivity contribution in [1.29, 1.82) is 0 Å². The molecule has 4 rings (SSSR count). The molecule has 0 aliphatic carbocycles. The Morgan fingerprint density at radius 2 is 2.33 bits per heavy atom. The van der Waals surface area contributed by atoms with E-state index in [0.29, 0.717) is 25.5 Å². The highest BCUT2D eigenvalue weighted by Gasteiger charge is 2.31. The fourth-order valence-electron chi connectivity index (χ4n) is 3.03. The predicted molar refractivity (Wildman–Crippen MR) is 93.5 cm³/mol. The zero-order valence-electron chi connectivity index (χ0n) is 14.0. The standard InChI is InChI=1S/C16H21N5O2S/c1-4-9(22)6-17-15-20-14-12(13-18-8-19-21(13)15)10-5-16(2,3)23-7-11(10)24-14/h8-9,22H,4-7H2,1-3H3,(H,17,20)/t9-/m0/s1. The van der Waals surface area contributed by atoms with E-state index in [0.717, 1.165) is 22.3 Å². The van der Waals surface area contributed by atoms with Crippen molar-refractivity contribution in [3.63, 3.8) is 0 Å². The van der Waals surface area contributed by atoms with E-state index < -0.39 is 6.10 Å². The molecular formula is C16H21N5O2S. The minimum atomic E-state index is -0.410.